The van der Waals surface area contributed by atoms with E-state index in [0.717, 1.165) is 43.4 Å². The molecule has 1 aromatic rings. The standard InChI is InChI=1S/C18H22O3/c1-21-15-8-6-13(7-9-15)12-14-4-2-10-18(14)11-3-5-16(19)17(18)20/h6-9,12,17,20H,2-5,10-11H2,1H3/b14-12+/t17-,18+/m0/s1. The van der Waals surface area contributed by atoms with E-state index >= 15 is 0 Å². The van der Waals surface area contributed by atoms with Crippen molar-refractivity contribution in [3.05, 3.63) is 35.4 Å². The number of carbonyl (C=O) groups is 1. The summed E-state index contributed by atoms with van der Waals surface area (Å²) in [5.74, 6) is 0.856. The van der Waals surface area contributed by atoms with E-state index in [1.165, 1.54) is 5.57 Å². The normalized spacial score (nSPS) is 31.0. The van der Waals surface area contributed by atoms with Gasteiger partial charge in [-0.1, -0.05) is 23.8 Å². The van der Waals surface area contributed by atoms with Crippen LogP contribution >= 0.6 is 0 Å². The quantitative estimate of drug-likeness (QED) is 0.906. The molecule has 0 aliphatic heterocycles. The van der Waals surface area contributed by atoms with E-state index in [-0.39, 0.29) is 11.2 Å². The molecular formula is C18H22O3. The number of aliphatic hydroxyl groups is 1. The van der Waals surface area contributed by atoms with Gasteiger partial charge in [0.2, 0.25) is 0 Å². The van der Waals surface area contributed by atoms with Crippen LogP contribution in [0.2, 0.25) is 0 Å². The molecule has 2 saturated carbocycles. The van der Waals surface area contributed by atoms with Gasteiger partial charge in [0.15, 0.2) is 5.78 Å². The molecule has 0 amide bonds. The summed E-state index contributed by atoms with van der Waals surface area (Å²) in [6.45, 7) is 0. The third-order valence-electron chi connectivity index (χ3n) is 5.04. The van der Waals surface area contributed by atoms with Gasteiger partial charge in [0.1, 0.15) is 11.9 Å². The molecular weight excluding hydrogens is 264 g/mol. The first-order valence-electron chi connectivity index (χ1n) is 7.71. The fourth-order valence-corrected chi connectivity index (χ4v) is 3.88. The molecule has 0 saturated heterocycles. The Morgan fingerprint density at radius 3 is 2.52 bits per heavy atom. The van der Waals surface area contributed by atoms with Crippen molar-refractivity contribution in [2.24, 2.45) is 5.41 Å². The van der Waals surface area contributed by atoms with Gasteiger partial charge in [0.05, 0.1) is 7.11 Å². The van der Waals surface area contributed by atoms with Crippen LogP contribution in [-0.2, 0) is 4.79 Å². The zero-order valence-electron chi connectivity index (χ0n) is 12.5. The van der Waals surface area contributed by atoms with Crippen LogP contribution < -0.4 is 4.74 Å². The average molecular weight is 286 g/mol. The molecule has 3 rings (SSSR count). The molecule has 1 spiro atoms. The number of benzene rings is 1. The Balaban J connectivity index is 1.92. The van der Waals surface area contributed by atoms with Crippen LogP contribution in [0.4, 0.5) is 0 Å². The van der Waals surface area contributed by atoms with Crippen molar-refractivity contribution < 1.29 is 14.6 Å². The summed E-state index contributed by atoms with van der Waals surface area (Å²) < 4.78 is 5.17. The molecule has 2 aliphatic rings. The monoisotopic (exact) mass is 286 g/mol. The minimum absolute atomic E-state index is 0.0174. The van der Waals surface area contributed by atoms with E-state index in [2.05, 4.69) is 6.08 Å². The molecule has 0 bridgehead atoms. The van der Waals surface area contributed by atoms with E-state index in [1.807, 2.05) is 24.3 Å². The summed E-state index contributed by atoms with van der Waals surface area (Å²) in [4.78, 5) is 11.9. The lowest BCUT2D eigenvalue weighted by molar-refractivity contribution is -0.136. The Kier molecular flexibility index (Phi) is 3.85. The first-order chi connectivity index (χ1) is 10.2. The van der Waals surface area contributed by atoms with Gasteiger partial charge in [-0.05, 0) is 49.8 Å². The largest absolute Gasteiger partial charge is 0.497 e. The van der Waals surface area contributed by atoms with E-state index in [4.69, 9.17) is 4.74 Å². The molecule has 3 nitrogen and oxygen atoms in total. The topological polar surface area (TPSA) is 46.5 Å². The summed E-state index contributed by atoms with van der Waals surface area (Å²) in [7, 11) is 1.66. The number of methoxy groups -OCH3 is 1. The lowest BCUT2D eigenvalue weighted by atomic mass is 9.67. The molecule has 112 valence electrons. The van der Waals surface area contributed by atoms with Crippen LogP contribution in [0.25, 0.3) is 6.08 Å². The summed E-state index contributed by atoms with van der Waals surface area (Å²) in [5.41, 5.74) is 2.06. The summed E-state index contributed by atoms with van der Waals surface area (Å²) >= 11 is 0. The van der Waals surface area contributed by atoms with Gasteiger partial charge in [0, 0.05) is 11.8 Å². The van der Waals surface area contributed by atoms with Crippen LogP contribution in [0.5, 0.6) is 5.75 Å². The molecule has 2 fully saturated rings. The fourth-order valence-electron chi connectivity index (χ4n) is 3.88. The highest BCUT2D eigenvalue weighted by Gasteiger charge is 2.48. The second-order valence-corrected chi connectivity index (χ2v) is 6.17. The third kappa shape index (κ3) is 2.51. The van der Waals surface area contributed by atoms with Gasteiger partial charge in [-0.2, -0.15) is 0 Å². The van der Waals surface area contributed by atoms with Crippen molar-refractivity contribution in [3.63, 3.8) is 0 Å². The van der Waals surface area contributed by atoms with Crippen molar-refractivity contribution in [1.29, 1.82) is 0 Å². The van der Waals surface area contributed by atoms with Crippen molar-refractivity contribution in [3.8, 4) is 5.75 Å². The maximum absolute atomic E-state index is 11.9. The van der Waals surface area contributed by atoms with Crippen LogP contribution in [0.15, 0.2) is 29.8 Å². The lowest BCUT2D eigenvalue weighted by Crippen LogP contribution is -2.43. The van der Waals surface area contributed by atoms with Gasteiger partial charge in [-0.3, -0.25) is 4.79 Å². The first kappa shape index (κ1) is 14.3. The summed E-state index contributed by atoms with van der Waals surface area (Å²) in [6.07, 6.45) is 6.69. The molecule has 21 heavy (non-hydrogen) atoms. The number of hydrogen-bond acceptors (Lipinski definition) is 3. The second-order valence-electron chi connectivity index (χ2n) is 6.17. The highest BCUT2D eigenvalue weighted by atomic mass is 16.5. The molecule has 1 aromatic carbocycles. The maximum Gasteiger partial charge on any atom is 0.162 e. The Labute approximate surface area is 125 Å². The predicted octanol–water partition coefficient (Wildman–Crippen LogP) is 3.36. The molecule has 1 N–H and O–H groups in total. The summed E-state index contributed by atoms with van der Waals surface area (Å²) in [6, 6.07) is 7.93. The van der Waals surface area contributed by atoms with Gasteiger partial charge < -0.3 is 9.84 Å². The first-order valence-corrected chi connectivity index (χ1v) is 7.71. The predicted molar refractivity (Wildman–Crippen MR) is 82.1 cm³/mol. The van der Waals surface area contributed by atoms with Crippen LogP contribution in [-0.4, -0.2) is 24.1 Å². The molecule has 0 unspecified atom stereocenters. The minimum Gasteiger partial charge on any atom is -0.497 e. The van der Waals surface area contributed by atoms with Crippen LogP contribution in [0.1, 0.15) is 44.1 Å². The Hall–Kier alpha value is -1.61. The molecule has 0 radical (unpaired) electrons. The Morgan fingerprint density at radius 1 is 1.19 bits per heavy atom. The van der Waals surface area contributed by atoms with E-state index in [0.29, 0.717) is 6.42 Å². The van der Waals surface area contributed by atoms with Gasteiger partial charge in [-0.15, -0.1) is 0 Å². The van der Waals surface area contributed by atoms with E-state index in [1.54, 1.807) is 7.11 Å². The van der Waals surface area contributed by atoms with Gasteiger partial charge in [0.25, 0.3) is 0 Å². The van der Waals surface area contributed by atoms with Gasteiger partial charge in [-0.25, -0.2) is 0 Å². The number of ketones is 1. The van der Waals surface area contributed by atoms with Gasteiger partial charge >= 0.3 is 0 Å². The van der Waals surface area contributed by atoms with E-state index in [9.17, 15) is 9.90 Å². The molecule has 2 atom stereocenters. The van der Waals surface area contributed by atoms with Crippen molar-refractivity contribution in [1.82, 2.24) is 0 Å². The smallest absolute Gasteiger partial charge is 0.162 e. The van der Waals surface area contributed by atoms with Crippen molar-refractivity contribution in [2.75, 3.05) is 7.11 Å². The van der Waals surface area contributed by atoms with Crippen molar-refractivity contribution in [2.45, 2.75) is 44.6 Å². The molecule has 3 heteroatoms. The molecule has 0 aromatic heterocycles. The molecule has 2 aliphatic carbocycles. The Bertz CT molecular complexity index is 558. The number of aliphatic hydroxyl groups excluding tert-OH is 1. The fraction of sp³-hybridized carbons (Fsp3) is 0.500. The SMILES string of the molecule is COc1ccc(/C=C2\CCC[C@@]23CCCC(=O)[C@@H]3O)cc1. The zero-order valence-corrected chi connectivity index (χ0v) is 12.5. The Morgan fingerprint density at radius 2 is 1.86 bits per heavy atom. The third-order valence-corrected chi connectivity index (χ3v) is 5.04. The number of hydrogen-bond donors (Lipinski definition) is 1. The summed E-state index contributed by atoms with van der Waals surface area (Å²) in [5, 5.41) is 10.4. The number of rotatable bonds is 2. The maximum atomic E-state index is 11.9. The second kappa shape index (κ2) is 5.64. The van der Waals surface area contributed by atoms with Crippen molar-refractivity contribution >= 4 is 11.9 Å². The number of Topliss-reactive ketones (excluding diaryl/α,β-unsaturated/α-hetero) is 1. The number of carbonyl (C=O) groups excluding carboxylic acids is 1. The molecule has 0 heterocycles. The zero-order chi connectivity index (χ0) is 14.9. The number of ether oxygens (including phenoxy) is 1. The lowest BCUT2D eigenvalue weighted by Gasteiger charge is -2.38. The van der Waals surface area contributed by atoms with Crippen LogP contribution in [0, 0.1) is 5.41 Å². The average Bonchev–Trinajstić information content (AvgIpc) is 2.89. The minimum atomic E-state index is -0.807. The highest BCUT2D eigenvalue weighted by molar-refractivity contribution is 5.85. The van der Waals surface area contributed by atoms with E-state index < -0.39 is 6.10 Å². The van der Waals surface area contributed by atoms with Crippen LogP contribution in [0.3, 0.4) is 0 Å². The highest BCUT2D eigenvalue weighted by Crippen LogP contribution is 2.52.